The number of carbonyl (C=O) groups is 1. The van der Waals surface area contributed by atoms with Gasteiger partial charge in [-0.25, -0.2) is 0 Å². The second kappa shape index (κ2) is 8.97. The van der Waals surface area contributed by atoms with Crippen LogP contribution in [-0.4, -0.2) is 27.2 Å². The fraction of sp³-hybridized carbons (Fsp3) is 0.350. The van der Waals surface area contributed by atoms with E-state index in [2.05, 4.69) is 5.32 Å². The van der Waals surface area contributed by atoms with Crippen molar-refractivity contribution in [2.24, 2.45) is 0 Å². The van der Waals surface area contributed by atoms with Crippen molar-refractivity contribution in [2.75, 3.05) is 21.3 Å². The van der Waals surface area contributed by atoms with Crippen molar-refractivity contribution in [3.8, 4) is 17.2 Å². The van der Waals surface area contributed by atoms with E-state index in [9.17, 15) is 4.79 Å². The van der Waals surface area contributed by atoms with Gasteiger partial charge < -0.3 is 19.5 Å². The lowest BCUT2D eigenvalue weighted by molar-refractivity contribution is -0.121. The van der Waals surface area contributed by atoms with E-state index in [1.807, 2.05) is 43.3 Å². The quantitative estimate of drug-likeness (QED) is 0.797. The second-order valence-electron chi connectivity index (χ2n) is 5.81. The Hall–Kier alpha value is -2.69. The molecule has 0 aliphatic rings. The Labute approximate surface area is 148 Å². The van der Waals surface area contributed by atoms with Crippen molar-refractivity contribution < 1.29 is 19.0 Å². The van der Waals surface area contributed by atoms with Gasteiger partial charge in [0.2, 0.25) is 5.91 Å². The van der Waals surface area contributed by atoms with Crippen LogP contribution in [0.1, 0.15) is 30.4 Å². The summed E-state index contributed by atoms with van der Waals surface area (Å²) in [5.41, 5.74) is 1.99. The van der Waals surface area contributed by atoms with Gasteiger partial charge in [-0.2, -0.15) is 0 Å². The molecule has 0 radical (unpaired) electrons. The lowest BCUT2D eigenvalue weighted by Gasteiger charge is -2.15. The fourth-order valence-electron chi connectivity index (χ4n) is 2.67. The number of nitrogens with one attached hydrogen (secondary N) is 1. The van der Waals surface area contributed by atoms with Crippen LogP contribution in [0.15, 0.2) is 42.5 Å². The summed E-state index contributed by atoms with van der Waals surface area (Å²) in [6, 6.07) is 13.6. The maximum atomic E-state index is 12.3. The van der Waals surface area contributed by atoms with Gasteiger partial charge in [0.25, 0.3) is 0 Å². The van der Waals surface area contributed by atoms with Crippen LogP contribution >= 0.6 is 0 Å². The van der Waals surface area contributed by atoms with Gasteiger partial charge >= 0.3 is 0 Å². The molecule has 2 aromatic carbocycles. The van der Waals surface area contributed by atoms with Gasteiger partial charge in [-0.15, -0.1) is 0 Å². The summed E-state index contributed by atoms with van der Waals surface area (Å²) < 4.78 is 16.0. The van der Waals surface area contributed by atoms with E-state index in [1.165, 1.54) is 0 Å². The van der Waals surface area contributed by atoms with Crippen LogP contribution < -0.4 is 19.5 Å². The van der Waals surface area contributed by atoms with E-state index >= 15 is 0 Å². The summed E-state index contributed by atoms with van der Waals surface area (Å²) in [7, 11) is 4.74. The minimum absolute atomic E-state index is 0.00630. The first-order valence-corrected chi connectivity index (χ1v) is 8.19. The zero-order chi connectivity index (χ0) is 18.2. The van der Waals surface area contributed by atoms with E-state index in [0.29, 0.717) is 30.2 Å². The van der Waals surface area contributed by atoms with E-state index in [0.717, 1.165) is 11.1 Å². The van der Waals surface area contributed by atoms with Gasteiger partial charge in [0.05, 0.1) is 21.3 Å². The highest BCUT2D eigenvalue weighted by Crippen LogP contribution is 2.34. The van der Waals surface area contributed by atoms with E-state index in [-0.39, 0.29) is 11.8 Å². The van der Waals surface area contributed by atoms with Crippen LogP contribution in [0.25, 0.3) is 0 Å². The SMILES string of the molecule is COc1cc(OC)c(OC)cc1CNC(=O)CC(C)c1ccccc1. The Morgan fingerprint density at radius 1 is 0.960 bits per heavy atom. The minimum atomic E-state index is -0.00630. The van der Waals surface area contributed by atoms with Crippen molar-refractivity contribution >= 4 is 5.91 Å². The molecule has 2 aromatic rings. The highest BCUT2D eigenvalue weighted by atomic mass is 16.5. The molecule has 1 amide bonds. The lowest BCUT2D eigenvalue weighted by Crippen LogP contribution is -2.24. The molecule has 134 valence electrons. The Bertz CT molecular complexity index is 700. The molecule has 0 saturated carbocycles. The van der Waals surface area contributed by atoms with E-state index < -0.39 is 0 Å². The predicted molar refractivity (Wildman–Crippen MR) is 97.4 cm³/mol. The number of amides is 1. The monoisotopic (exact) mass is 343 g/mol. The summed E-state index contributed by atoms with van der Waals surface area (Å²) in [5.74, 6) is 1.99. The maximum absolute atomic E-state index is 12.3. The van der Waals surface area contributed by atoms with Gasteiger partial charge in [-0.3, -0.25) is 4.79 Å². The molecule has 5 heteroatoms. The smallest absolute Gasteiger partial charge is 0.220 e. The van der Waals surface area contributed by atoms with Crippen molar-refractivity contribution in [2.45, 2.75) is 25.8 Å². The zero-order valence-electron chi connectivity index (χ0n) is 15.2. The highest BCUT2D eigenvalue weighted by Gasteiger charge is 2.14. The summed E-state index contributed by atoms with van der Waals surface area (Å²) in [5, 5.41) is 2.95. The van der Waals surface area contributed by atoms with Crippen LogP contribution in [-0.2, 0) is 11.3 Å². The molecule has 0 spiro atoms. The first-order chi connectivity index (χ1) is 12.1. The Morgan fingerprint density at radius 3 is 2.16 bits per heavy atom. The van der Waals surface area contributed by atoms with Crippen LogP contribution in [0.2, 0.25) is 0 Å². The molecule has 0 heterocycles. The molecule has 0 bridgehead atoms. The molecule has 1 unspecified atom stereocenters. The third-order valence-electron chi connectivity index (χ3n) is 4.12. The van der Waals surface area contributed by atoms with Crippen LogP contribution in [0.4, 0.5) is 0 Å². The molecule has 0 fully saturated rings. The van der Waals surface area contributed by atoms with Gasteiger partial charge in [-0.1, -0.05) is 37.3 Å². The molecule has 2 rings (SSSR count). The largest absolute Gasteiger partial charge is 0.496 e. The Balaban J connectivity index is 2.01. The van der Waals surface area contributed by atoms with Crippen molar-refractivity contribution in [1.29, 1.82) is 0 Å². The van der Waals surface area contributed by atoms with Crippen LogP contribution in [0.5, 0.6) is 17.2 Å². The topological polar surface area (TPSA) is 56.8 Å². The Morgan fingerprint density at radius 2 is 1.56 bits per heavy atom. The standard InChI is InChI=1S/C20H25NO4/c1-14(15-8-6-5-7-9-15)10-20(22)21-13-16-11-18(24-3)19(25-4)12-17(16)23-2/h5-9,11-12,14H,10,13H2,1-4H3,(H,21,22). The van der Waals surface area contributed by atoms with Gasteiger partial charge in [0, 0.05) is 24.6 Å². The second-order valence-corrected chi connectivity index (χ2v) is 5.81. The summed E-state index contributed by atoms with van der Waals surface area (Å²) >= 11 is 0. The highest BCUT2D eigenvalue weighted by molar-refractivity contribution is 5.77. The van der Waals surface area contributed by atoms with Gasteiger partial charge in [-0.05, 0) is 17.5 Å². The number of benzene rings is 2. The third-order valence-corrected chi connectivity index (χ3v) is 4.12. The normalized spacial score (nSPS) is 11.5. The molecule has 0 aliphatic heterocycles. The maximum Gasteiger partial charge on any atom is 0.220 e. The third kappa shape index (κ3) is 4.89. The average Bonchev–Trinajstić information content (AvgIpc) is 2.66. The number of ether oxygens (including phenoxy) is 3. The van der Waals surface area contributed by atoms with Crippen LogP contribution in [0.3, 0.4) is 0 Å². The molecular formula is C20H25NO4. The Kier molecular flexibility index (Phi) is 6.69. The van der Waals surface area contributed by atoms with Crippen molar-refractivity contribution in [3.05, 3.63) is 53.6 Å². The molecule has 25 heavy (non-hydrogen) atoms. The molecule has 1 N–H and O–H groups in total. The molecular weight excluding hydrogens is 318 g/mol. The number of hydrogen-bond donors (Lipinski definition) is 1. The molecule has 0 saturated heterocycles. The number of hydrogen-bond acceptors (Lipinski definition) is 4. The summed E-state index contributed by atoms with van der Waals surface area (Å²) in [6.07, 6.45) is 0.430. The van der Waals surface area contributed by atoms with E-state index in [4.69, 9.17) is 14.2 Å². The first kappa shape index (κ1) is 18.6. The fourth-order valence-corrected chi connectivity index (χ4v) is 2.67. The van der Waals surface area contributed by atoms with E-state index in [1.54, 1.807) is 27.4 Å². The van der Waals surface area contributed by atoms with Crippen molar-refractivity contribution in [1.82, 2.24) is 5.32 Å². The summed E-state index contributed by atoms with van der Waals surface area (Å²) in [4.78, 5) is 12.3. The number of carbonyl (C=O) groups excluding carboxylic acids is 1. The summed E-state index contributed by atoms with van der Waals surface area (Å²) in [6.45, 7) is 2.41. The molecule has 0 aromatic heterocycles. The van der Waals surface area contributed by atoms with Crippen molar-refractivity contribution in [3.63, 3.8) is 0 Å². The minimum Gasteiger partial charge on any atom is -0.496 e. The number of methoxy groups -OCH3 is 3. The average molecular weight is 343 g/mol. The molecule has 5 nitrogen and oxygen atoms in total. The van der Waals surface area contributed by atoms with Gasteiger partial charge in [0.15, 0.2) is 11.5 Å². The number of rotatable bonds is 8. The molecule has 0 aliphatic carbocycles. The zero-order valence-corrected chi connectivity index (χ0v) is 15.2. The first-order valence-electron chi connectivity index (χ1n) is 8.19. The van der Waals surface area contributed by atoms with Crippen LogP contribution in [0, 0.1) is 0 Å². The molecule has 1 atom stereocenters. The van der Waals surface area contributed by atoms with Gasteiger partial charge in [0.1, 0.15) is 5.75 Å². The lowest BCUT2D eigenvalue weighted by atomic mass is 9.97. The predicted octanol–water partition coefficient (Wildman–Crippen LogP) is 3.52.